The predicted molar refractivity (Wildman–Crippen MR) is 127 cm³/mol. The number of aromatic nitrogens is 3. The highest BCUT2D eigenvalue weighted by Crippen LogP contribution is 2.33. The van der Waals surface area contributed by atoms with E-state index in [1.165, 1.54) is 24.1 Å². The maximum Gasteiger partial charge on any atom is 0.273 e. The first-order valence-electron chi connectivity index (χ1n) is 11.2. The third-order valence-electron chi connectivity index (χ3n) is 5.76. The van der Waals surface area contributed by atoms with Crippen LogP contribution in [0.2, 0.25) is 0 Å². The van der Waals surface area contributed by atoms with Gasteiger partial charge in [0.1, 0.15) is 5.69 Å². The molecule has 9 heteroatoms. The van der Waals surface area contributed by atoms with Gasteiger partial charge in [-0.3, -0.25) is 9.59 Å². The molecular weight excluding hydrogens is 440 g/mol. The monoisotopic (exact) mass is 468 g/mol. The molecular formula is C24H28N4O4S. The lowest BCUT2D eigenvalue weighted by Crippen LogP contribution is -2.27. The molecule has 0 aliphatic heterocycles. The molecule has 0 bridgehead atoms. The number of ether oxygens (including phenoxy) is 2. The molecule has 1 fully saturated rings. The fraction of sp³-hybridized carbons (Fsp3) is 0.417. The Bertz CT molecular complexity index is 1130. The van der Waals surface area contributed by atoms with Gasteiger partial charge < -0.3 is 19.8 Å². The minimum Gasteiger partial charge on any atom is -0.493 e. The van der Waals surface area contributed by atoms with Crippen molar-refractivity contribution in [3.05, 3.63) is 56.6 Å². The Hall–Kier alpha value is -3.20. The van der Waals surface area contributed by atoms with Crippen molar-refractivity contribution in [2.24, 2.45) is 5.92 Å². The van der Waals surface area contributed by atoms with Crippen LogP contribution in [0.1, 0.15) is 36.3 Å². The van der Waals surface area contributed by atoms with Gasteiger partial charge in [-0.15, -0.1) is 21.5 Å². The van der Waals surface area contributed by atoms with Crippen LogP contribution in [0.4, 0.5) is 0 Å². The van der Waals surface area contributed by atoms with Crippen molar-refractivity contribution in [2.45, 2.75) is 38.5 Å². The zero-order chi connectivity index (χ0) is 23.0. The number of aromatic amines is 1. The maximum atomic E-state index is 12.5. The van der Waals surface area contributed by atoms with Crippen molar-refractivity contribution < 1.29 is 14.3 Å². The number of methoxy groups -OCH3 is 1. The van der Waals surface area contributed by atoms with Crippen LogP contribution in [0.25, 0.3) is 11.4 Å². The summed E-state index contributed by atoms with van der Waals surface area (Å²) in [6.45, 7) is 1.26. The molecule has 0 saturated heterocycles. The van der Waals surface area contributed by atoms with Gasteiger partial charge in [0, 0.05) is 29.8 Å². The Balaban J connectivity index is 1.32. The van der Waals surface area contributed by atoms with Gasteiger partial charge in [-0.05, 0) is 54.8 Å². The molecule has 2 aromatic heterocycles. The Morgan fingerprint density at radius 1 is 1.21 bits per heavy atom. The molecule has 1 amide bonds. The van der Waals surface area contributed by atoms with Crippen molar-refractivity contribution in [3.63, 3.8) is 0 Å². The summed E-state index contributed by atoms with van der Waals surface area (Å²) in [7, 11) is 1.58. The molecule has 1 aliphatic rings. The summed E-state index contributed by atoms with van der Waals surface area (Å²) < 4.78 is 11.4. The molecule has 2 heterocycles. The Morgan fingerprint density at radius 2 is 2.09 bits per heavy atom. The van der Waals surface area contributed by atoms with Crippen LogP contribution in [-0.4, -0.2) is 41.3 Å². The fourth-order valence-corrected chi connectivity index (χ4v) is 4.26. The molecule has 0 spiro atoms. The second-order valence-corrected chi connectivity index (χ2v) is 9.13. The molecule has 3 aromatic rings. The zero-order valence-corrected chi connectivity index (χ0v) is 19.5. The third-order valence-corrected chi connectivity index (χ3v) is 6.70. The largest absolute Gasteiger partial charge is 0.493 e. The van der Waals surface area contributed by atoms with Gasteiger partial charge in [0.15, 0.2) is 17.3 Å². The summed E-state index contributed by atoms with van der Waals surface area (Å²) >= 11 is 1.67. The van der Waals surface area contributed by atoms with Crippen LogP contribution in [0.15, 0.2) is 40.5 Å². The Labute approximate surface area is 196 Å². The van der Waals surface area contributed by atoms with E-state index < -0.39 is 0 Å². The van der Waals surface area contributed by atoms with E-state index in [4.69, 9.17) is 9.47 Å². The third kappa shape index (κ3) is 6.19. The van der Waals surface area contributed by atoms with E-state index in [1.54, 1.807) is 24.5 Å². The maximum absolute atomic E-state index is 12.5. The number of thiophene rings is 1. The number of benzene rings is 1. The van der Waals surface area contributed by atoms with Crippen LogP contribution in [0, 0.1) is 5.92 Å². The first-order chi connectivity index (χ1) is 16.1. The van der Waals surface area contributed by atoms with Crippen molar-refractivity contribution in [3.8, 4) is 22.9 Å². The van der Waals surface area contributed by atoms with Crippen LogP contribution < -0.4 is 20.3 Å². The zero-order valence-electron chi connectivity index (χ0n) is 18.6. The second kappa shape index (κ2) is 11.1. The second-order valence-electron chi connectivity index (χ2n) is 8.10. The van der Waals surface area contributed by atoms with Crippen molar-refractivity contribution in [1.29, 1.82) is 0 Å². The summed E-state index contributed by atoms with van der Waals surface area (Å²) in [6.07, 6.45) is 4.90. The van der Waals surface area contributed by atoms with E-state index >= 15 is 0 Å². The minimum atomic E-state index is -0.351. The topological polar surface area (TPSA) is 106 Å². The average Bonchev–Trinajstić information content (AvgIpc) is 3.31. The SMILES string of the molecule is COc1cc(-c2nnc(CCC(=O)NCCc3cccs3)c(=O)[nH]2)ccc1OCC1CCC1. The van der Waals surface area contributed by atoms with Crippen molar-refractivity contribution >= 4 is 17.2 Å². The Morgan fingerprint density at radius 3 is 2.79 bits per heavy atom. The molecule has 1 saturated carbocycles. The summed E-state index contributed by atoms with van der Waals surface area (Å²) in [4.78, 5) is 28.5. The smallest absolute Gasteiger partial charge is 0.273 e. The number of amides is 1. The van der Waals surface area contributed by atoms with Gasteiger partial charge >= 0.3 is 0 Å². The number of carbonyl (C=O) groups excluding carboxylic acids is 1. The highest BCUT2D eigenvalue weighted by atomic mass is 32.1. The van der Waals surface area contributed by atoms with Crippen LogP contribution >= 0.6 is 11.3 Å². The van der Waals surface area contributed by atoms with Crippen molar-refractivity contribution in [2.75, 3.05) is 20.3 Å². The number of rotatable bonds is 11. The first-order valence-corrected chi connectivity index (χ1v) is 12.1. The first kappa shape index (κ1) is 23.0. The molecule has 0 radical (unpaired) electrons. The number of carbonyl (C=O) groups is 1. The van der Waals surface area contributed by atoms with Crippen molar-refractivity contribution in [1.82, 2.24) is 20.5 Å². The van der Waals surface area contributed by atoms with Gasteiger partial charge in [0.2, 0.25) is 5.91 Å². The van der Waals surface area contributed by atoms with E-state index in [0.29, 0.717) is 42.0 Å². The van der Waals surface area contributed by atoms with Gasteiger partial charge in [-0.2, -0.15) is 0 Å². The summed E-state index contributed by atoms with van der Waals surface area (Å²) in [5.74, 6) is 2.10. The normalized spacial score (nSPS) is 13.4. The van der Waals surface area contributed by atoms with Crippen LogP contribution in [-0.2, 0) is 17.6 Å². The highest BCUT2D eigenvalue weighted by molar-refractivity contribution is 7.09. The molecule has 0 unspecified atom stereocenters. The van der Waals surface area contributed by atoms with Gasteiger partial charge in [0.25, 0.3) is 5.56 Å². The van der Waals surface area contributed by atoms with Gasteiger partial charge in [-0.25, -0.2) is 0 Å². The highest BCUT2D eigenvalue weighted by Gasteiger charge is 2.19. The van der Waals surface area contributed by atoms with E-state index in [-0.39, 0.29) is 30.0 Å². The van der Waals surface area contributed by atoms with E-state index in [2.05, 4.69) is 20.5 Å². The van der Waals surface area contributed by atoms with Gasteiger partial charge in [-0.1, -0.05) is 12.5 Å². The summed E-state index contributed by atoms with van der Waals surface area (Å²) in [5, 5.41) is 13.1. The summed E-state index contributed by atoms with van der Waals surface area (Å²) in [5.41, 5.74) is 0.556. The lowest BCUT2D eigenvalue weighted by molar-refractivity contribution is -0.121. The molecule has 174 valence electrons. The van der Waals surface area contributed by atoms with Gasteiger partial charge in [0.05, 0.1) is 13.7 Å². The number of hydrogen-bond acceptors (Lipinski definition) is 7. The lowest BCUT2D eigenvalue weighted by Gasteiger charge is -2.25. The number of nitrogens with zero attached hydrogens (tertiary/aromatic N) is 2. The van der Waals surface area contributed by atoms with Crippen LogP contribution in [0.3, 0.4) is 0 Å². The lowest BCUT2D eigenvalue weighted by atomic mass is 9.86. The summed E-state index contributed by atoms with van der Waals surface area (Å²) in [6, 6.07) is 9.45. The fourth-order valence-electron chi connectivity index (χ4n) is 3.56. The number of nitrogens with one attached hydrogen (secondary N) is 2. The molecule has 1 aromatic carbocycles. The van der Waals surface area contributed by atoms with E-state index in [1.807, 2.05) is 29.6 Å². The quantitative estimate of drug-likeness (QED) is 0.447. The van der Waals surface area contributed by atoms with Crippen LogP contribution in [0.5, 0.6) is 11.5 Å². The Kier molecular flexibility index (Phi) is 7.72. The minimum absolute atomic E-state index is 0.112. The van der Waals surface area contributed by atoms with E-state index in [0.717, 1.165) is 6.42 Å². The predicted octanol–water partition coefficient (Wildman–Crippen LogP) is 3.37. The average molecular weight is 469 g/mol. The molecule has 0 atom stereocenters. The molecule has 33 heavy (non-hydrogen) atoms. The number of aryl methyl sites for hydroxylation is 1. The number of H-pyrrole nitrogens is 1. The molecule has 8 nitrogen and oxygen atoms in total. The number of hydrogen-bond donors (Lipinski definition) is 2. The molecule has 1 aliphatic carbocycles. The molecule has 4 rings (SSSR count). The molecule has 2 N–H and O–H groups in total. The standard InChI is InChI=1S/C24H28N4O4S/c1-31-21-14-17(7-9-20(21)32-15-16-4-2-5-16)23-26-24(30)19(27-28-23)8-10-22(29)25-12-11-18-6-3-13-33-18/h3,6-7,9,13-14,16H,2,4-5,8,10-12,15H2,1H3,(H,25,29)(H,26,28,30). The van der Waals surface area contributed by atoms with E-state index in [9.17, 15) is 9.59 Å².